The van der Waals surface area contributed by atoms with Crippen molar-refractivity contribution in [2.75, 3.05) is 20.2 Å². The number of benzene rings is 1. The van der Waals surface area contributed by atoms with Crippen molar-refractivity contribution in [2.45, 2.75) is 17.9 Å². The van der Waals surface area contributed by atoms with Gasteiger partial charge in [-0.25, -0.2) is 8.42 Å². The Morgan fingerprint density at radius 2 is 1.89 bits per heavy atom. The lowest BCUT2D eigenvalue weighted by Crippen LogP contribution is -2.36. The van der Waals surface area contributed by atoms with Crippen molar-refractivity contribution in [1.29, 1.82) is 0 Å². The fourth-order valence-corrected chi connectivity index (χ4v) is 3.46. The maximum atomic E-state index is 12.3. The van der Waals surface area contributed by atoms with Crippen LogP contribution in [-0.2, 0) is 10.0 Å². The molecular weight excluding hydrogens is 313 g/mol. The standard InChI is InChI=1S/C11H15Cl2NO4S/c1-7-3-11(10(13)4-9(7)12)19(17,18)14(2)5-8(16)6-15/h3-4,8,15-16H,5-6H2,1-2H3. The quantitative estimate of drug-likeness (QED) is 0.853. The lowest BCUT2D eigenvalue weighted by Gasteiger charge is -2.20. The summed E-state index contributed by atoms with van der Waals surface area (Å²) < 4.78 is 25.5. The number of aliphatic hydroxyl groups is 2. The highest BCUT2D eigenvalue weighted by Gasteiger charge is 2.26. The normalized spacial score (nSPS) is 13.8. The molecule has 0 saturated carbocycles. The Morgan fingerprint density at radius 3 is 2.42 bits per heavy atom. The van der Waals surface area contributed by atoms with Gasteiger partial charge in [0, 0.05) is 18.6 Å². The molecule has 0 spiro atoms. The molecule has 1 atom stereocenters. The van der Waals surface area contributed by atoms with E-state index in [2.05, 4.69) is 0 Å². The van der Waals surface area contributed by atoms with E-state index in [0.29, 0.717) is 10.6 Å². The number of hydrogen-bond donors (Lipinski definition) is 2. The number of rotatable bonds is 5. The number of sulfonamides is 1. The average Bonchev–Trinajstić information content (AvgIpc) is 2.33. The van der Waals surface area contributed by atoms with Gasteiger partial charge in [0.25, 0.3) is 0 Å². The maximum Gasteiger partial charge on any atom is 0.244 e. The van der Waals surface area contributed by atoms with Crippen molar-refractivity contribution in [2.24, 2.45) is 0 Å². The topological polar surface area (TPSA) is 77.8 Å². The first-order chi connectivity index (χ1) is 8.70. The van der Waals surface area contributed by atoms with E-state index in [9.17, 15) is 13.5 Å². The highest BCUT2D eigenvalue weighted by Crippen LogP contribution is 2.29. The molecular formula is C11H15Cl2NO4S. The number of aliphatic hydroxyl groups excluding tert-OH is 2. The van der Waals surface area contributed by atoms with Crippen LogP contribution in [0, 0.1) is 6.92 Å². The summed E-state index contributed by atoms with van der Waals surface area (Å²) in [6.45, 7) is 0.921. The predicted molar refractivity (Wildman–Crippen MR) is 74.1 cm³/mol. The molecule has 108 valence electrons. The second-order valence-electron chi connectivity index (χ2n) is 4.15. The van der Waals surface area contributed by atoms with E-state index in [0.717, 1.165) is 4.31 Å². The van der Waals surface area contributed by atoms with E-state index in [1.54, 1.807) is 6.92 Å². The van der Waals surface area contributed by atoms with Gasteiger partial charge >= 0.3 is 0 Å². The fraction of sp³-hybridized carbons (Fsp3) is 0.455. The minimum atomic E-state index is -3.84. The molecule has 0 radical (unpaired) electrons. The highest BCUT2D eigenvalue weighted by atomic mass is 35.5. The van der Waals surface area contributed by atoms with Crippen LogP contribution in [0.4, 0.5) is 0 Å². The van der Waals surface area contributed by atoms with Gasteiger partial charge in [-0.3, -0.25) is 0 Å². The third-order valence-electron chi connectivity index (χ3n) is 2.58. The first-order valence-electron chi connectivity index (χ1n) is 5.41. The van der Waals surface area contributed by atoms with E-state index in [1.807, 2.05) is 0 Å². The number of aryl methyl sites for hydroxylation is 1. The van der Waals surface area contributed by atoms with Crippen LogP contribution in [0.3, 0.4) is 0 Å². The summed E-state index contributed by atoms with van der Waals surface area (Å²) in [6, 6.07) is 2.74. The van der Waals surface area contributed by atoms with E-state index < -0.39 is 22.7 Å². The third kappa shape index (κ3) is 3.81. The van der Waals surface area contributed by atoms with Gasteiger partial charge in [0.1, 0.15) is 4.90 Å². The van der Waals surface area contributed by atoms with Crippen LogP contribution in [0.15, 0.2) is 17.0 Å². The van der Waals surface area contributed by atoms with Gasteiger partial charge in [0.15, 0.2) is 0 Å². The molecule has 19 heavy (non-hydrogen) atoms. The number of hydrogen-bond acceptors (Lipinski definition) is 4. The molecule has 0 bridgehead atoms. The summed E-state index contributed by atoms with van der Waals surface area (Å²) >= 11 is 11.8. The molecule has 0 aliphatic rings. The van der Waals surface area contributed by atoms with Crippen molar-refractivity contribution in [3.63, 3.8) is 0 Å². The minimum Gasteiger partial charge on any atom is -0.394 e. The molecule has 0 aliphatic heterocycles. The lowest BCUT2D eigenvalue weighted by atomic mass is 10.2. The zero-order valence-electron chi connectivity index (χ0n) is 10.5. The summed E-state index contributed by atoms with van der Waals surface area (Å²) in [5.41, 5.74) is 0.584. The summed E-state index contributed by atoms with van der Waals surface area (Å²) in [7, 11) is -2.54. The molecule has 1 unspecified atom stereocenters. The molecule has 1 aromatic rings. The van der Waals surface area contributed by atoms with Crippen LogP contribution in [0.25, 0.3) is 0 Å². The Balaban J connectivity index is 3.17. The molecule has 1 aromatic carbocycles. The van der Waals surface area contributed by atoms with Gasteiger partial charge in [0.2, 0.25) is 10.0 Å². The van der Waals surface area contributed by atoms with Crippen molar-refractivity contribution in [1.82, 2.24) is 4.31 Å². The average molecular weight is 328 g/mol. The van der Waals surface area contributed by atoms with Gasteiger partial charge in [-0.2, -0.15) is 4.31 Å². The van der Waals surface area contributed by atoms with Crippen LogP contribution >= 0.6 is 23.2 Å². The summed E-state index contributed by atoms with van der Waals surface area (Å²) in [5, 5.41) is 18.4. The van der Waals surface area contributed by atoms with Gasteiger partial charge < -0.3 is 10.2 Å². The Labute approximate surface area is 122 Å². The molecule has 5 nitrogen and oxygen atoms in total. The molecule has 0 heterocycles. The van der Waals surface area contributed by atoms with Gasteiger partial charge in [-0.05, 0) is 24.6 Å². The fourth-order valence-electron chi connectivity index (χ4n) is 1.45. The van der Waals surface area contributed by atoms with Crippen molar-refractivity contribution in [3.05, 3.63) is 27.7 Å². The zero-order valence-corrected chi connectivity index (χ0v) is 12.8. The van der Waals surface area contributed by atoms with Gasteiger partial charge in [0.05, 0.1) is 17.7 Å². The molecule has 0 aliphatic carbocycles. The first kappa shape index (κ1) is 16.7. The molecule has 1 rings (SSSR count). The summed E-state index contributed by atoms with van der Waals surface area (Å²) in [4.78, 5) is -0.0799. The largest absolute Gasteiger partial charge is 0.394 e. The minimum absolute atomic E-state index is 0.0148. The predicted octanol–water partition coefficient (Wildman–Crippen LogP) is 1.28. The number of likely N-dealkylation sites (N-methyl/N-ethyl adjacent to an activating group) is 1. The third-order valence-corrected chi connectivity index (χ3v) is 5.28. The zero-order chi connectivity index (χ0) is 14.8. The van der Waals surface area contributed by atoms with Crippen LogP contribution in [-0.4, -0.2) is 49.2 Å². The van der Waals surface area contributed by atoms with E-state index in [1.165, 1.54) is 19.2 Å². The summed E-state index contributed by atoms with van der Waals surface area (Å²) in [5.74, 6) is 0. The molecule has 2 N–H and O–H groups in total. The SMILES string of the molecule is Cc1cc(S(=O)(=O)N(C)CC(O)CO)c(Cl)cc1Cl. The maximum absolute atomic E-state index is 12.3. The van der Waals surface area contributed by atoms with Gasteiger partial charge in [-0.1, -0.05) is 23.2 Å². The Morgan fingerprint density at radius 1 is 1.32 bits per heavy atom. The van der Waals surface area contributed by atoms with Crippen LogP contribution in [0.5, 0.6) is 0 Å². The monoisotopic (exact) mass is 327 g/mol. The molecule has 8 heteroatoms. The van der Waals surface area contributed by atoms with Crippen LogP contribution in [0.1, 0.15) is 5.56 Å². The van der Waals surface area contributed by atoms with Crippen molar-refractivity contribution < 1.29 is 18.6 Å². The molecule has 0 aromatic heterocycles. The molecule has 0 amide bonds. The van der Waals surface area contributed by atoms with E-state index in [4.69, 9.17) is 28.3 Å². The number of nitrogens with zero attached hydrogens (tertiary/aromatic N) is 1. The lowest BCUT2D eigenvalue weighted by molar-refractivity contribution is 0.0826. The smallest absolute Gasteiger partial charge is 0.244 e. The van der Waals surface area contributed by atoms with E-state index in [-0.39, 0.29) is 16.5 Å². The second kappa shape index (κ2) is 6.39. The molecule has 0 saturated heterocycles. The summed E-state index contributed by atoms with van der Waals surface area (Å²) in [6.07, 6.45) is -1.15. The van der Waals surface area contributed by atoms with Gasteiger partial charge in [-0.15, -0.1) is 0 Å². The van der Waals surface area contributed by atoms with Crippen molar-refractivity contribution >= 4 is 33.2 Å². The van der Waals surface area contributed by atoms with Crippen LogP contribution < -0.4 is 0 Å². The highest BCUT2D eigenvalue weighted by molar-refractivity contribution is 7.89. The van der Waals surface area contributed by atoms with Crippen molar-refractivity contribution in [3.8, 4) is 0 Å². The first-order valence-corrected chi connectivity index (χ1v) is 7.60. The Bertz CT molecular complexity index is 562. The second-order valence-corrected chi connectivity index (χ2v) is 6.98. The van der Waals surface area contributed by atoms with E-state index >= 15 is 0 Å². The Kier molecular flexibility index (Phi) is 5.61. The van der Waals surface area contributed by atoms with Crippen LogP contribution in [0.2, 0.25) is 10.0 Å². The molecule has 0 fully saturated rings. The Hall–Kier alpha value is -0.370. The number of halogens is 2.